The topological polar surface area (TPSA) is 104 Å². The Bertz CT molecular complexity index is 812. The van der Waals surface area contributed by atoms with Crippen LogP contribution >= 0.6 is 0 Å². The van der Waals surface area contributed by atoms with E-state index in [9.17, 15) is 22.9 Å². The van der Waals surface area contributed by atoms with Crippen molar-refractivity contribution in [3.63, 3.8) is 0 Å². The lowest BCUT2D eigenvalue weighted by Crippen LogP contribution is -2.46. The summed E-state index contributed by atoms with van der Waals surface area (Å²) < 4.78 is 32.0. The van der Waals surface area contributed by atoms with Crippen molar-refractivity contribution in [2.75, 3.05) is 5.75 Å². The van der Waals surface area contributed by atoms with Crippen molar-refractivity contribution in [3.8, 4) is 0 Å². The fourth-order valence-electron chi connectivity index (χ4n) is 3.59. The smallest absolute Gasteiger partial charge is 0.267 e. The van der Waals surface area contributed by atoms with Gasteiger partial charge in [0.2, 0.25) is 5.91 Å². The van der Waals surface area contributed by atoms with Gasteiger partial charge in [0.15, 0.2) is 0 Å². The summed E-state index contributed by atoms with van der Waals surface area (Å²) in [6.45, 7) is 4.29. The van der Waals surface area contributed by atoms with Crippen LogP contribution in [0.4, 0.5) is 0 Å². The number of rotatable bonds is 23. The largest absolute Gasteiger partial charge is 0.387 e. The Hall–Kier alpha value is -1.96. The van der Waals surface area contributed by atoms with E-state index < -0.39 is 28.0 Å². The van der Waals surface area contributed by atoms with Crippen molar-refractivity contribution in [3.05, 3.63) is 60.8 Å². The van der Waals surface area contributed by atoms with E-state index >= 15 is 0 Å². The second kappa shape index (κ2) is 24.4. The molecule has 7 heteroatoms. The Kier molecular flexibility index (Phi) is 23.1. The van der Waals surface area contributed by atoms with E-state index in [0.29, 0.717) is 12.8 Å². The average molecular weight is 538 g/mol. The Morgan fingerprint density at radius 2 is 1.32 bits per heavy atom. The fraction of sp³-hybridized carbons (Fsp3) is 0.633. The molecule has 0 aliphatic carbocycles. The molecule has 0 bridgehead atoms. The normalized spacial score (nSPS) is 14.6. The summed E-state index contributed by atoms with van der Waals surface area (Å²) >= 11 is 0. The highest BCUT2D eigenvalue weighted by atomic mass is 32.2. The van der Waals surface area contributed by atoms with Gasteiger partial charge in [-0.3, -0.25) is 9.35 Å². The molecule has 0 aromatic heterocycles. The van der Waals surface area contributed by atoms with Crippen LogP contribution in [0.1, 0.15) is 104 Å². The third-order valence-electron chi connectivity index (χ3n) is 5.68. The molecule has 0 saturated carbocycles. The van der Waals surface area contributed by atoms with Gasteiger partial charge < -0.3 is 10.4 Å². The predicted octanol–water partition coefficient (Wildman–Crippen LogP) is 7.00. The number of amides is 1. The summed E-state index contributed by atoms with van der Waals surface area (Å²) in [7, 11) is -4.35. The van der Waals surface area contributed by atoms with Gasteiger partial charge in [-0.1, -0.05) is 93.9 Å². The maximum absolute atomic E-state index is 12.3. The number of carbonyl (C=O) groups excluding carboxylic acids is 1. The zero-order valence-corrected chi connectivity index (χ0v) is 23.9. The molecule has 212 valence electrons. The molecule has 2 atom stereocenters. The summed E-state index contributed by atoms with van der Waals surface area (Å²) in [5, 5.41) is 13.0. The van der Waals surface area contributed by atoms with Gasteiger partial charge in [-0.05, 0) is 64.2 Å². The van der Waals surface area contributed by atoms with Gasteiger partial charge in [-0.25, -0.2) is 0 Å². The minimum absolute atomic E-state index is 0.249. The van der Waals surface area contributed by atoms with Crippen LogP contribution in [-0.2, 0) is 14.9 Å². The molecule has 0 aliphatic rings. The molecule has 2 unspecified atom stereocenters. The van der Waals surface area contributed by atoms with Crippen molar-refractivity contribution < 1.29 is 22.9 Å². The Labute approximate surface area is 226 Å². The molecule has 0 aromatic carbocycles. The van der Waals surface area contributed by atoms with Crippen LogP contribution in [0.2, 0.25) is 0 Å². The first-order valence-electron chi connectivity index (χ1n) is 14.0. The van der Waals surface area contributed by atoms with Crippen LogP contribution in [0.25, 0.3) is 0 Å². The van der Waals surface area contributed by atoms with Crippen LogP contribution in [0.3, 0.4) is 0 Å². The van der Waals surface area contributed by atoms with Crippen LogP contribution in [0.5, 0.6) is 0 Å². The zero-order chi connectivity index (χ0) is 27.6. The van der Waals surface area contributed by atoms with Crippen molar-refractivity contribution >= 4 is 16.0 Å². The lowest BCUT2D eigenvalue weighted by Gasteiger charge is -2.21. The van der Waals surface area contributed by atoms with Gasteiger partial charge in [0.05, 0.1) is 17.9 Å². The second-order valence-electron chi connectivity index (χ2n) is 9.28. The van der Waals surface area contributed by atoms with Crippen LogP contribution in [0.15, 0.2) is 60.8 Å². The van der Waals surface area contributed by atoms with Crippen LogP contribution < -0.4 is 5.32 Å². The van der Waals surface area contributed by atoms with Gasteiger partial charge in [-0.2, -0.15) is 8.42 Å². The number of aliphatic hydroxyl groups is 1. The molecule has 1 amide bonds. The SMILES string of the molecule is CC/C=C\C/C=C\C/C=C\CCCCCC(=O)NC(CS(=O)(=O)O)C(O)/C=C/CC/C=C/CCCCC. The summed E-state index contributed by atoms with van der Waals surface area (Å²) in [6, 6.07) is -1.09. The molecule has 0 spiro atoms. The molecular formula is C30H51NO5S. The highest BCUT2D eigenvalue weighted by Gasteiger charge is 2.24. The van der Waals surface area contributed by atoms with Crippen molar-refractivity contribution in [1.29, 1.82) is 0 Å². The summed E-state index contributed by atoms with van der Waals surface area (Å²) in [5.41, 5.74) is 0. The molecule has 0 radical (unpaired) electrons. The number of aliphatic hydroxyl groups excluding tert-OH is 1. The van der Waals surface area contributed by atoms with Gasteiger partial charge in [0.1, 0.15) is 0 Å². The van der Waals surface area contributed by atoms with Crippen LogP contribution in [-0.4, -0.2) is 41.9 Å². The molecular weight excluding hydrogens is 486 g/mol. The van der Waals surface area contributed by atoms with E-state index in [-0.39, 0.29) is 12.3 Å². The predicted molar refractivity (Wildman–Crippen MR) is 156 cm³/mol. The van der Waals surface area contributed by atoms with Crippen molar-refractivity contribution in [1.82, 2.24) is 5.32 Å². The lowest BCUT2D eigenvalue weighted by molar-refractivity contribution is -0.122. The monoisotopic (exact) mass is 537 g/mol. The second-order valence-corrected chi connectivity index (χ2v) is 10.8. The molecule has 0 fully saturated rings. The summed E-state index contributed by atoms with van der Waals surface area (Å²) in [6.07, 6.45) is 32.2. The first-order chi connectivity index (χ1) is 17.8. The zero-order valence-electron chi connectivity index (χ0n) is 23.1. The molecule has 3 N–H and O–H groups in total. The number of allylic oxidation sites excluding steroid dienone is 9. The quantitative estimate of drug-likeness (QED) is 0.0739. The molecule has 0 heterocycles. The van der Waals surface area contributed by atoms with E-state index in [2.05, 4.69) is 67.8 Å². The third-order valence-corrected chi connectivity index (χ3v) is 6.46. The Balaban J connectivity index is 4.27. The number of hydrogen-bond acceptors (Lipinski definition) is 4. The number of hydrogen-bond donors (Lipinski definition) is 3. The molecule has 0 aliphatic heterocycles. The van der Waals surface area contributed by atoms with Gasteiger partial charge in [0, 0.05) is 6.42 Å². The Morgan fingerprint density at radius 3 is 1.97 bits per heavy atom. The highest BCUT2D eigenvalue weighted by molar-refractivity contribution is 7.85. The minimum Gasteiger partial charge on any atom is -0.387 e. The van der Waals surface area contributed by atoms with E-state index in [1.54, 1.807) is 6.08 Å². The minimum atomic E-state index is -4.35. The van der Waals surface area contributed by atoms with Crippen molar-refractivity contribution in [2.24, 2.45) is 0 Å². The summed E-state index contributed by atoms with van der Waals surface area (Å²) in [4.78, 5) is 12.3. The standard InChI is InChI=1S/C30H51NO5S/c1-3-5-7-9-11-13-14-15-16-18-20-22-24-26-30(33)31-28(27-37(34,35)36)29(32)25-23-21-19-17-12-10-8-6-4-2/h5,7,11-13,15-17,23,25,28-29,32H,3-4,6,8-10,14,18-22,24,26-27H2,1-2H3,(H,31,33)(H,34,35,36)/b7-5-,13-11-,16-15-,17-12+,25-23+. The third kappa shape index (κ3) is 25.5. The maximum atomic E-state index is 12.3. The van der Waals surface area contributed by atoms with Gasteiger partial charge >= 0.3 is 0 Å². The van der Waals surface area contributed by atoms with Gasteiger partial charge in [-0.15, -0.1) is 0 Å². The van der Waals surface area contributed by atoms with E-state index in [1.807, 2.05) is 0 Å². The molecule has 0 saturated heterocycles. The first-order valence-corrected chi connectivity index (χ1v) is 15.6. The number of nitrogens with one attached hydrogen (secondary N) is 1. The summed E-state index contributed by atoms with van der Waals surface area (Å²) in [5.74, 6) is -1.05. The van der Waals surface area contributed by atoms with Crippen LogP contribution in [0, 0.1) is 0 Å². The fourth-order valence-corrected chi connectivity index (χ4v) is 4.33. The maximum Gasteiger partial charge on any atom is 0.267 e. The molecule has 0 aromatic rings. The Morgan fingerprint density at radius 1 is 0.757 bits per heavy atom. The number of carbonyl (C=O) groups is 1. The average Bonchev–Trinajstić information content (AvgIpc) is 2.84. The molecule has 37 heavy (non-hydrogen) atoms. The molecule has 6 nitrogen and oxygen atoms in total. The van der Waals surface area contributed by atoms with Gasteiger partial charge in [0.25, 0.3) is 10.1 Å². The molecule has 0 rings (SSSR count). The highest BCUT2D eigenvalue weighted by Crippen LogP contribution is 2.07. The van der Waals surface area contributed by atoms with E-state index in [4.69, 9.17) is 0 Å². The first kappa shape index (κ1) is 35.0. The number of unbranched alkanes of at least 4 members (excludes halogenated alkanes) is 7. The van der Waals surface area contributed by atoms with Crippen molar-refractivity contribution in [2.45, 2.75) is 116 Å². The lowest BCUT2D eigenvalue weighted by atomic mass is 10.1. The van der Waals surface area contributed by atoms with E-state index in [1.165, 1.54) is 25.3 Å². The van der Waals surface area contributed by atoms with E-state index in [0.717, 1.165) is 51.4 Å².